The maximum atomic E-state index is 5.27. The highest BCUT2D eigenvalue weighted by Gasteiger charge is 2.17. The van der Waals surface area contributed by atoms with Crippen molar-refractivity contribution in [1.82, 2.24) is 4.90 Å². The third-order valence-corrected chi connectivity index (χ3v) is 4.39. The molecule has 2 heterocycles. The molecule has 1 aliphatic rings. The molecule has 0 aliphatic carbocycles. The van der Waals surface area contributed by atoms with Crippen LogP contribution in [0.2, 0.25) is 0 Å². The SMILES string of the molecule is COc1cccc(CN2CCc3ccsc3C2)c1. The lowest BCUT2D eigenvalue weighted by Crippen LogP contribution is -2.28. The van der Waals surface area contributed by atoms with Gasteiger partial charge in [-0.15, -0.1) is 11.3 Å². The Hall–Kier alpha value is -1.32. The minimum absolute atomic E-state index is 0.946. The van der Waals surface area contributed by atoms with Crippen LogP contribution in [0, 0.1) is 0 Å². The molecular formula is C15H17NOS. The van der Waals surface area contributed by atoms with E-state index in [-0.39, 0.29) is 0 Å². The summed E-state index contributed by atoms with van der Waals surface area (Å²) in [5.74, 6) is 0.946. The fraction of sp³-hybridized carbons (Fsp3) is 0.333. The molecule has 1 aromatic carbocycles. The van der Waals surface area contributed by atoms with Gasteiger partial charge in [-0.2, -0.15) is 0 Å². The summed E-state index contributed by atoms with van der Waals surface area (Å²) in [5, 5.41) is 2.21. The van der Waals surface area contributed by atoms with Gasteiger partial charge in [0.25, 0.3) is 0 Å². The first kappa shape index (κ1) is 11.8. The van der Waals surface area contributed by atoms with Gasteiger partial charge >= 0.3 is 0 Å². The monoisotopic (exact) mass is 259 g/mol. The molecule has 3 rings (SSSR count). The molecule has 0 radical (unpaired) electrons. The van der Waals surface area contributed by atoms with Gasteiger partial charge in [-0.3, -0.25) is 4.90 Å². The quantitative estimate of drug-likeness (QED) is 0.838. The molecule has 94 valence electrons. The first-order valence-corrected chi connectivity index (χ1v) is 7.13. The molecule has 0 bridgehead atoms. The summed E-state index contributed by atoms with van der Waals surface area (Å²) < 4.78 is 5.27. The highest BCUT2D eigenvalue weighted by Crippen LogP contribution is 2.25. The van der Waals surface area contributed by atoms with Crippen molar-refractivity contribution in [2.24, 2.45) is 0 Å². The van der Waals surface area contributed by atoms with Gasteiger partial charge in [0, 0.05) is 24.5 Å². The largest absolute Gasteiger partial charge is 0.497 e. The maximum Gasteiger partial charge on any atom is 0.119 e. The summed E-state index contributed by atoms with van der Waals surface area (Å²) in [6.07, 6.45) is 1.18. The number of nitrogens with zero attached hydrogens (tertiary/aromatic N) is 1. The molecule has 0 fully saturated rings. The average molecular weight is 259 g/mol. The van der Waals surface area contributed by atoms with Crippen molar-refractivity contribution in [2.45, 2.75) is 19.5 Å². The van der Waals surface area contributed by atoms with E-state index in [1.54, 1.807) is 12.7 Å². The van der Waals surface area contributed by atoms with Crippen molar-refractivity contribution in [1.29, 1.82) is 0 Å². The highest BCUT2D eigenvalue weighted by molar-refractivity contribution is 7.10. The Balaban J connectivity index is 1.70. The molecule has 0 amide bonds. The molecule has 0 N–H and O–H groups in total. The molecule has 0 saturated heterocycles. The number of fused-ring (bicyclic) bond motifs is 1. The van der Waals surface area contributed by atoms with Crippen LogP contribution >= 0.6 is 11.3 Å². The molecule has 0 atom stereocenters. The zero-order valence-corrected chi connectivity index (χ0v) is 11.4. The van der Waals surface area contributed by atoms with E-state index in [0.717, 1.165) is 25.4 Å². The van der Waals surface area contributed by atoms with E-state index in [1.165, 1.54) is 16.9 Å². The molecule has 1 aromatic heterocycles. The van der Waals surface area contributed by atoms with Crippen LogP contribution in [0.25, 0.3) is 0 Å². The Labute approximate surface area is 112 Å². The van der Waals surface area contributed by atoms with E-state index in [1.807, 2.05) is 17.4 Å². The van der Waals surface area contributed by atoms with E-state index in [0.29, 0.717) is 0 Å². The zero-order valence-electron chi connectivity index (χ0n) is 10.6. The van der Waals surface area contributed by atoms with Gasteiger partial charge in [-0.05, 0) is 41.1 Å². The van der Waals surface area contributed by atoms with Crippen LogP contribution in [0.3, 0.4) is 0 Å². The normalized spacial score (nSPS) is 15.4. The highest BCUT2D eigenvalue weighted by atomic mass is 32.1. The third-order valence-electron chi connectivity index (χ3n) is 3.44. The molecule has 2 nitrogen and oxygen atoms in total. The van der Waals surface area contributed by atoms with Crippen LogP contribution in [0.4, 0.5) is 0 Å². The van der Waals surface area contributed by atoms with Crippen LogP contribution in [-0.2, 0) is 19.5 Å². The Kier molecular flexibility index (Phi) is 3.35. The smallest absolute Gasteiger partial charge is 0.119 e. The van der Waals surface area contributed by atoms with Crippen LogP contribution in [0.1, 0.15) is 16.0 Å². The Morgan fingerprint density at radius 2 is 2.28 bits per heavy atom. The second-order valence-corrected chi connectivity index (χ2v) is 5.68. The first-order chi connectivity index (χ1) is 8.85. The van der Waals surface area contributed by atoms with E-state index in [4.69, 9.17) is 4.74 Å². The van der Waals surface area contributed by atoms with Gasteiger partial charge in [0.1, 0.15) is 5.75 Å². The standard InChI is InChI=1S/C15H17NOS/c1-17-14-4-2-3-12(9-14)10-16-7-5-13-6-8-18-15(13)11-16/h2-4,6,8-9H,5,7,10-11H2,1H3. The van der Waals surface area contributed by atoms with Gasteiger partial charge in [-0.25, -0.2) is 0 Å². The molecule has 18 heavy (non-hydrogen) atoms. The molecule has 0 unspecified atom stereocenters. The first-order valence-electron chi connectivity index (χ1n) is 6.25. The summed E-state index contributed by atoms with van der Waals surface area (Å²) in [5.41, 5.74) is 2.87. The van der Waals surface area contributed by atoms with Gasteiger partial charge in [0.2, 0.25) is 0 Å². The Bertz CT molecular complexity index is 535. The van der Waals surface area contributed by atoms with Gasteiger partial charge < -0.3 is 4.74 Å². The number of ether oxygens (including phenoxy) is 1. The van der Waals surface area contributed by atoms with Crippen LogP contribution in [-0.4, -0.2) is 18.6 Å². The number of hydrogen-bond acceptors (Lipinski definition) is 3. The summed E-state index contributed by atoms with van der Waals surface area (Å²) in [6, 6.07) is 10.6. The number of thiophene rings is 1. The van der Waals surface area contributed by atoms with Gasteiger partial charge in [0.05, 0.1) is 7.11 Å². The lowest BCUT2D eigenvalue weighted by Gasteiger charge is -2.26. The van der Waals surface area contributed by atoms with Crippen molar-refractivity contribution < 1.29 is 4.74 Å². The fourth-order valence-corrected chi connectivity index (χ4v) is 3.43. The second kappa shape index (κ2) is 5.12. The van der Waals surface area contributed by atoms with Crippen LogP contribution in [0.5, 0.6) is 5.75 Å². The topological polar surface area (TPSA) is 12.5 Å². The zero-order chi connectivity index (χ0) is 12.4. The van der Waals surface area contributed by atoms with Crippen molar-refractivity contribution in [3.05, 3.63) is 51.7 Å². The number of benzene rings is 1. The van der Waals surface area contributed by atoms with Crippen molar-refractivity contribution >= 4 is 11.3 Å². The Morgan fingerprint density at radius 3 is 3.17 bits per heavy atom. The summed E-state index contributed by atoms with van der Waals surface area (Å²) >= 11 is 1.88. The summed E-state index contributed by atoms with van der Waals surface area (Å²) in [6.45, 7) is 3.25. The van der Waals surface area contributed by atoms with E-state index in [9.17, 15) is 0 Å². The maximum absolute atomic E-state index is 5.27. The molecule has 3 heteroatoms. The lowest BCUT2D eigenvalue weighted by molar-refractivity contribution is 0.248. The molecule has 0 spiro atoms. The molecule has 1 aliphatic heterocycles. The van der Waals surface area contributed by atoms with E-state index < -0.39 is 0 Å². The lowest BCUT2D eigenvalue weighted by atomic mass is 10.1. The van der Waals surface area contributed by atoms with E-state index in [2.05, 4.69) is 34.5 Å². The predicted molar refractivity (Wildman–Crippen MR) is 75.1 cm³/mol. The number of rotatable bonds is 3. The van der Waals surface area contributed by atoms with Crippen molar-refractivity contribution in [2.75, 3.05) is 13.7 Å². The average Bonchev–Trinajstić information content (AvgIpc) is 2.86. The molecule has 0 saturated carbocycles. The fourth-order valence-electron chi connectivity index (χ4n) is 2.45. The van der Waals surface area contributed by atoms with Crippen molar-refractivity contribution in [3.8, 4) is 5.75 Å². The molecule has 2 aromatic rings. The summed E-state index contributed by atoms with van der Waals surface area (Å²) in [7, 11) is 1.72. The van der Waals surface area contributed by atoms with Crippen LogP contribution in [0.15, 0.2) is 35.7 Å². The minimum Gasteiger partial charge on any atom is -0.497 e. The summed E-state index contributed by atoms with van der Waals surface area (Å²) in [4.78, 5) is 4.04. The molecular weight excluding hydrogens is 242 g/mol. The minimum atomic E-state index is 0.946. The second-order valence-electron chi connectivity index (χ2n) is 4.68. The Morgan fingerprint density at radius 1 is 1.33 bits per heavy atom. The van der Waals surface area contributed by atoms with Crippen LogP contribution < -0.4 is 4.74 Å². The predicted octanol–water partition coefficient (Wildman–Crippen LogP) is 3.32. The number of methoxy groups -OCH3 is 1. The van der Waals surface area contributed by atoms with Gasteiger partial charge in [0.15, 0.2) is 0 Å². The van der Waals surface area contributed by atoms with Crippen molar-refractivity contribution in [3.63, 3.8) is 0 Å². The van der Waals surface area contributed by atoms with Gasteiger partial charge in [-0.1, -0.05) is 12.1 Å². The van der Waals surface area contributed by atoms with E-state index >= 15 is 0 Å². The number of hydrogen-bond donors (Lipinski definition) is 0. The third kappa shape index (κ3) is 2.42.